The number of halogens is 3. The van der Waals surface area contributed by atoms with Crippen LogP contribution >= 0.6 is 0 Å². The topological polar surface area (TPSA) is 44.1 Å². The molecular weight excluding hydrogens is 273 g/mol. The maximum absolute atomic E-state index is 12.5. The Bertz CT molecular complexity index is 620. The first kappa shape index (κ1) is 14.1. The van der Waals surface area contributed by atoms with E-state index in [9.17, 15) is 18.0 Å². The molecule has 0 amide bonds. The molecule has 106 valence electrons. The zero-order valence-electron chi connectivity index (χ0n) is 10.5. The van der Waals surface area contributed by atoms with Crippen molar-refractivity contribution in [2.45, 2.75) is 19.6 Å². The van der Waals surface area contributed by atoms with Crippen molar-refractivity contribution in [3.05, 3.63) is 42.2 Å². The zero-order valence-corrected chi connectivity index (χ0v) is 10.5. The summed E-state index contributed by atoms with van der Waals surface area (Å²) < 4.78 is 44.3. The summed E-state index contributed by atoms with van der Waals surface area (Å²) in [4.78, 5) is 10.9. The van der Waals surface area contributed by atoms with Gasteiger partial charge < -0.3 is 4.74 Å². The molecule has 0 aliphatic heterocycles. The van der Waals surface area contributed by atoms with Gasteiger partial charge in [0.1, 0.15) is 5.75 Å². The van der Waals surface area contributed by atoms with Crippen molar-refractivity contribution in [1.29, 1.82) is 0 Å². The highest BCUT2D eigenvalue weighted by Crippen LogP contribution is 2.32. The van der Waals surface area contributed by atoms with Crippen molar-refractivity contribution in [2.24, 2.45) is 0 Å². The number of ether oxygens (including phenoxy) is 1. The molecule has 0 spiro atoms. The number of Topliss-reactive ketones (excluding diaryl/α,β-unsaturated/α-hetero) is 1. The third kappa shape index (κ3) is 3.59. The molecule has 0 saturated heterocycles. The van der Waals surface area contributed by atoms with Gasteiger partial charge in [-0.2, -0.15) is 18.3 Å². The van der Waals surface area contributed by atoms with Gasteiger partial charge in [-0.15, -0.1) is 0 Å². The van der Waals surface area contributed by atoms with E-state index < -0.39 is 11.7 Å². The van der Waals surface area contributed by atoms with Crippen LogP contribution in [-0.4, -0.2) is 15.6 Å². The summed E-state index contributed by atoms with van der Waals surface area (Å²) in [5.41, 5.74) is -0.786. The Morgan fingerprint density at radius 2 is 2.10 bits per heavy atom. The van der Waals surface area contributed by atoms with E-state index in [2.05, 4.69) is 5.10 Å². The Morgan fingerprint density at radius 3 is 2.75 bits per heavy atom. The van der Waals surface area contributed by atoms with E-state index in [1.54, 1.807) is 0 Å². The second-order valence-corrected chi connectivity index (χ2v) is 4.20. The Balaban J connectivity index is 2.14. The van der Waals surface area contributed by atoms with E-state index in [-0.39, 0.29) is 23.8 Å². The third-order valence-electron chi connectivity index (χ3n) is 2.39. The summed E-state index contributed by atoms with van der Waals surface area (Å²) in [7, 11) is 0. The molecule has 1 aromatic heterocycles. The maximum Gasteiger partial charge on any atom is 0.416 e. The van der Waals surface area contributed by atoms with Crippen LogP contribution in [0.15, 0.2) is 36.7 Å². The average molecular weight is 284 g/mol. The Labute approximate surface area is 112 Å². The van der Waals surface area contributed by atoms with Crippen molar-refractivity contribution < 1.29 is 22.7 Å². The highest BCUT2D eigenvalue weighted by molar-refractivity contribution is 5.75. The van der Waals surface area contributed by atoms with Crippen LogP contribution in [0.2, 0.25) is 0 Å². The standard InChI is InChI=1S/C13H11F3N2O2/c1-9(19)7-18-8-12(6-17-18)20-11-4-2-3-10(5-11)13(14,15)16/h2-6,8H,7H2,1H3. The van der Waals surface area contributed by atoms with Gasteiger partial charge in [-0.05, 0) is 25.1 Å². The molecule has 7 heteroatoms. The van der Waals surface area contributed by atoms with E-state index in [4.69, 9.17) is 4.74 Å². The minimum Gasteiger partial charge on any atom is -0.454 e. The second kappa shape index (κ2) is 5.36. The van der Waals surface area contributed by atoms with Crippen LogP contribution in [0, 0.1) is 0 Å². The van der Waals surface area contributed by atoms with Crippen LogP contribution in [0.5, 0.6) is 11.5 Å². The van der Waals surface area contributed by atoms with Crippen molar-refractivity contribution in [3.63, 3.8) is 0 Å². The predicted octanol–water partition coefficient (Wildman–Crippen LogP) is 3.28. The van der Waals surface area contributed by atoms with Crippen LogP contribution in [-0.2, 0) is 17.5 Å². The number of hydrogen-bond donors (Lipinski definition) is 0. The number of hydrogen-bond acceptors (Lipinski definition) is 3. The molecule has 0 bridgehead atoms. The fourth-order valence-corrected chi connectivity index (χ4v) is 1.58. The Morgan fingerprint density at radius 1 is 1.35 bits per heavy atom. The molecule has 0 fully saturated rings. The number of ketones is 1. The number of carbonyl (C=O) groups is 1. The molecule has 0 N–H and O–H groups in total. The molecule has 20 heavy (non-hydrogen) atoms. The van der Waals surface area contributed by atoms with Crippen LogP contribution in [0.25, 0.3) is 0 Å². The number of benzene rings is 1. The van der Waals surface area contributed by atoms with Gasteiger partial charge in [0.25, 0.3) is 0 Å². The third-order valence-corrected chi connectivity index (χ3v) is 2.39. The normalized spacial score (nSPS) is 11.4. The van der Waals surface area contributed by atoms with Gasteiger partial charge in [-0.3, -0.25) is 9.48 Å². The summed E-state index contributed by atoms with van der Waals surface area (Å²) in [6.07, 6.45) is -1.64. The molecule has 0 saturated carbocycles. The van der Waals surface area contributed by atoms with Crippen LogP contribution in [0.3, 0.4) is 0 Å². The lowest BCUT2D eigenvalue weighted by Gasteiger charge is -2.08. The maximum atomic E-state index is 12.5. The number of carbonyl (C=O) groups excluding carboxylic acids is 1. The molecule has 2 aromatic rings. The molecule has 0 radical (unpaired) electrons. The largest absolute Gasteiger partial charge is 0.454 e. The quantitative estimate of drug-likeness (QED) is 0.865. The molecule has 0 aliphatic carbocycles. The van der Waals surface area contributed by atoms with Crippen LogP contribution in [0.4, 0.5) is 13.2 Å². The van der Waals surface area contributed by atoms with Gasteiger partial charge in [0, 0.05) is 0 Å². The van der Waals surface area contributed by atoms with E-state index in [1.165, 1.54) is 36.1 Å². The van der Waals surface area contributed by atoms with E-state index >= 15 is 0 Å². The van der Waals surface area contributed by atoms with Crippen molar-refractivity contribution in [1.82, 2.24) is 9.78 Å². The van der Waals surface area contributed by atoms with Crippen molar-refractivity contribution in [3.8, 4) is 11.5 Å². The smallest absolute Gasteiger partial charge is 0.416 e. The van der Waals surface area contributed by atoms with E-state index in [0.29, 0.717) is 0 Å². The van der Waals surface area contributed by atoms with Gasteiger partial charge in [-0.25, -0.2) is 0 Å². The number of alkyl halides is 3. The van der Waals surface area contributed by atoms with E-state index in [0.717, 1.165) is 12.1 Å². The summed E-state index contributed by atoms with van der Waals surface area (Å²) >= 11 is 0. The first-order chi connectivity index (χ1) is 9.34. The number of nitrogens with zero attached hydrogens (tertiary/aromatic N) is 2. The van der Waals surface area contributed by atoms with Gasteiger partial charge in [0.05, 0.1) is 24.5 Å². The molecule has 0 aliphatic rings. The highest BCUT2D eigenvalue weighted by atomic mass is 19.4. The highest BCUT2D eigenvalue weighted by Gasteiger charge is 2.30. The van der Waals surface area contributed by atoms with Crippen molar-refractivity contribution >= 4 is 5.78 Å². The SMILES string of the molecule is CC(=O)Cn1cc(Oc2cccc(C(F)(F)F)c2)cn1. The molecule has 0 atom stereocenters. The fourth-order valence-electron chi connectivity index (χ4n) is 1.58. The van der Waals surface area contributed by atoms with Crippen LogP contribution < -0.4 is 4.74 Å². The first-order valence-electron chi connectivity index (χ1n) is 5.71. The second-order valence-electron chi connectivity index (χ2n) is 4.20. The molecule has 2 rings (SSSR count). The summed E-state index contributed by atoms with van der Waals surface area (Å²) in [5, 5.41) is 3.87. The predicted molar refractivity (Wildman–Crippen MR) is 64.4 cm³/mol. The summed E-state index contributed by atoms with van der Waals surface area (Å²) in [6, 6.07) is 4.55. The van der Waals surface area contributed by atoms with Gasteiger partial charge in [-0.1, -0.05) is 6.07 Å². The first-order valence-corrected chi connectivity index (χ1v) is 5.71. The molecular formula is C13H11F3N2O2. The monoisotopic (exact) mass is 284 g/mol. The summed E-state index contributed by atoms with van der Waals surface area (Å²) in [5.74, 6) is 0.242. The molecule has 1 heterocycles. The van der Waals surface area contributed by atoms with E-state index in [1.807, 2.05) is 0 Å². The minimum atomic E-state index is -4.42. The zero-order chi connectivity index (χ0) is 14.8. The lowest BCUT2D eigenvalue weighted by Crippen LogP contribution is -2.05. The van der Waals surface area contributed by atoms with Gasteiger partial charge in [0.2, 0.25) is 0 Å². The fraction of sp³-hybridized carbons (Fsp3) is 0.231. The minimum absolute atomic E-state index is 0.0576. The van der Waals surface area contributed by atoms with Gasteiger partial charge >= 0.3 is 6.18 Å². The molecule has 1 aromatic carbocycles. The molecule has 4 nitrogen and oxygen atoms in total. The number of aromatic nitrogens is 2. The van der Waals surface area contributed by atoms with Crippen LogP contribution in [0.1, 0.15) is 12.5 Å². The number of rotatable bonds is 4. The lowest BCUT2D eigenvalue weighted by atomic mass is 10.2. The van der Waals surface area contributed by atoms with Gasteiger partial charge in [0.15, 0.2) is 11.5 Å². The average Bonchev–Trinajstić information content (AvgIpc) is 2.75. The Hall–Kier alpha value is -2.31. The Kier molecular flexibility index (Phi) is 3.78. The molecule has 0 unspecified atom stereocenters. The van der Waals surface area contributed by atoms with Crippen molar-refractivity contribution in [2.75, 3.05) is 0 Å². The lowest BCUT2D eigenvalue weighted by molar-refractivity contribution is -0.137. The summed E-state index contributed by atoms with van der Waals surface area (Å²) in [6.45, 7) is 1.50.